The molecule has 25 heavy (non-hydrogen) atoms. The Kier molecular flexibility index (Phi) is 4.39. The van der Waals surface area contributed by atoms with Crippen molar-refractivity contribution in [3.63, 3.8) is 0 Å². The molecule has 0 saturated heterocycles. The molecule has 0 aliphatic carbocycles. The zero-order chi connectivity index (χ0) is 18.0. The average molecular weight is 339 g/mol. The summed E-state index contributed by atoms with van der Waals surface area (Å²) in [6.45, 7) is -0.321. The molecule has 0 radical (unpaired) electrons. The van der Waals surface area contributed by atoms with Crippen molar-refractivity contribution in [3.05, 3.63) is 65.2 Å². The Bertz CT molecular complexity index is 874. The lowest BCUT2D eigenvalue weighted by molar-refractivity contribution is -0.138. The van der Waals surface area contributed by atoms with Gasteiger partial charge >= 0.3 is 0 Å². The third kappa shape index (κ3) is 3.17. The van der Waals surface area contributed by atoms with E-state index in [1.165, 1.54) is 18.2 Å². The fraction of sp³-hybridized carbons (Fsp3) is 0.158. The summed E-state index contributed by atoms with van der Waals surface area (Å²) in [5.74, 6) is -1.07. The number of phenols is 1. The number of fused-ring (bicyclic) bond motifs is 1. The second kappa shape index (κ2) is 6.51. The number of aliphatic hydroxyl groups is 2. The molecule has 3 rings (SSSR count). The number of benzene rings is 2. The molecular weight excluding hydrogens is 322 g/mol. The standard InChI is InChI=1S/C19H17NO5/c21-11-13-9-12(6-8-17(13)23)5-7-14(22)10-19(25)15-3-1-2-4-16(15)20-18(19)24/h1-9,21,23,25H,10-11H2,(H,20,24)/b7-5+. The SMILES string of the molecule is O=C(/C=C/c1ccc(O)c(CO)c1)CC1(O)C(=O)Nc2ccccc21. The zero-order valence-corrected chi connectivity index (χ0v) is 13.3. The van der Waals surface area contributed by atoms with Gasteiger partial charge in [-0.15, -0.1) is 0 Å². The molecule has 128 valence electrons. The largest absolute Gasteiger partial charge is 0.508 e. The molecular formula is C19H17NO5. The molecule has 1 aliphatic heterocycles. The normalized spacial score (nSPS) is 19.0. The summed E-state index contributed by atoms with van der Waals surface area (Å²) >= 11 is 0. The maximum atomic E-state index is 12.2. The van der Waals surface area contributed by atoms with Gasteiger partial charge in [0.2, 0.25) is 0 Å². The van der Waals surface area contributed by atoms with Gasteiger partial charge in [-0.05, 0) is 29.8 Å². The van der Waals surface area contributed by atoms with E-state index in [0.717, 1.165) is 0 Å². The Balaban J connectivity index is 1.78. The number of para-hydroxylation sites is 1. The quantitative estimate of drug-likeness (QED) is 0.620. The Morgan fingerprint density at radius 2 is 1.96 bits per heavy atom. The highest BCUT2D eigenvalue weighted by Gasteiger charge is 2.46. The van der Waals surface area contributed by atoms with Crippen LogP contribution >= 0.6 is 0 Å². The molecule has 2 aromatic carbocycles. The Hall–Kier alpha value is -2.96. The highest BCUT2D eigenvalue weighted by Crippen LogP contribution is 2.38. The first kappa shape index (κ1) is 16.9. The minimum atomic E-state index is -1.89. The number of nitrogens with one attached hydrogen (secondary N) is 1. The molecule has 0 spiro atoms. The second-order valence-corrected chi connectivity index (χ2v) is 5.88. The van der Waals surface area contributed by atoms with Gasteiger partial charge in [0.25, 0.3) is 5.91 Å². The van der Waals surface area contributed by atoms with Crippen LogP contribution in [-0.4, -0.2) is 27.0 Å². The van der Waals surface area contributed by atoms with Crippen LogP contribution in [0.2, 0.25) is 0 Å². The van der Waals surface area contributed by atoms with E-state index in [-0.39, 0.29) is 18.8 Å². The average Bonchev–Trinajstić information content (AvgIpc) is 2.85. The van der Waals surface area contributed by atoms with Crippen molar-refractivity contribution in [2.45, 2.75) is 18.6 Å². The van der Waals surface area contributed by atoms with Crippen molar-refractivity contribution in [1.29, 1.82) is 0 Å². The molecule has 1 heterocycles. The monoisotopic (exact) mass is 339 g/mol. The molecule has 1 unspecified atom stereocenters. The van der Waals surface area contributed by atoms with E-state index in [1.54, 1.807) is 36.4 Å². The second-order valence-electron chi connectivity index (χ2n) is 5.88. The van der Waals surface area contributed by atoms with E-state index in [1.807, 2.05) is 0 Å². The Labute approximate surface area is 144 Å². The van der Waals surface area contributed by atoms with Crippen LogP contribution in [0.1, 0.15) is 23.1 Å². The number of aromatic hydroxyl groups is 1. The first-order valence-corrected chi connectivity index (χ1v) is 7.71. The number of allylic oxidation sites excluding steroid dienone is 1. The fourth-order valence-corrected chi connectivity index (χ4v) is 2.81. The van der Waals surface area contributed by atoms with Crippen LogP contribution in [0.3, 0.4) is 0 Å². The molecule has 0 saturated carbocycles. The summed E-state index contributed by atoms with van der Waals surface area (Å²) in [4.78, 5) is 24.3. The Morgan fingerprint density at radius 1 is 1.20 bits per heavy atom. The van der Waals surface area contributed by atoms with Crippen LogP contribution in [-0.2, 0) is 21.8 Å². The number of anilines is 1. The van der Waals surface area contributed by atoms with Gasteiger partial charge in [0, 0.05) is 16.8 Å². The Morgan fingerprint density at radius 3 is 2.72 bits per heavy atom. The zero-order valence-electron chi connectivity index (χ0n) is 13.3. The summed E-state index contributed by atoms with van der Waals surface area (Å²) in [7, 11) is 0. The van der Waals surface area contributed by atoms with E-state index in [4.69, 9.17) is 5.11 Å². The highest BCUT2D eigenvalue weighted by atomic mass is 16.3. The molecule has 6 nitrogen and oxygen atoms in total. The van der Waals surface area contributed by atoms with E-state index < -0.39 is 17.3 Å². The van der Waals surface area contributed by atoms with Gasteiger partial charge in [-0.25, -0.2) is 0 Å². The highest BCUT2D eigenvalue weighted by molar-refractivity contribution is 6.08. The van der Waals surface area contributed by atoms with E-state index in [2.05, 4.69) is 5.32 Å². The number of carbonyl (C=O) groups is 2. The smallest absolute Gasteiger partial charge is 0.261 e. The summed E-state index contributed by atoms with van der Waals surface area (Å²) in [6.07, 6.45) is 2.39. The molecule has 0 fully saturated rings. The maximum Gasteiger partial charge on any atom is 0.261 e. The minimum absolute atomic E-state index is 0.0282. The van der Waals surface area contributed by atoms with Crippen molar-refractivity contribution < 1.29 is 24.9 Å². The summed E-state index contributed by atoms with van der Waals surface area (Å²) in [5.41, 5.74) is -0.0499. The van der Waals surface area contributed by atoms with Gasteiger partial charge in [-0.1, -0.05) is 30.3 Å². The predicted molar refractivity (Wildman–Crippen MR) is 91.7 cm³/mol. The lowest BCUT2D eigenvalue weighted by Gasteiger charge is -2.19. The summed E-state index contributed by atoms with van der Waals surface area (Å²) < 4.78 is 0. The first-order chi connectivity index (χ1) is 11.9. The van der Waals surface area contributed by atoms with Crippen molar-refractivity contribution >= 4 is 23.5 Å². The van der Waals surface area contributed by atoms with Crippen LogP contribution in [0.5, 0.6) is 5.75 Å². The predicted octanol–water partition coefficient (Wildman–Crippen LogP) is 1.70. The molecule has 0 bridgehead atoms. The van der Waals surface area contributed by atoms with Crippen molar-refractivity contribution in [3.8, 4) is 5.75 Å². The molecule has 0 aromatic heterocycles. The van der Waals surface area contributed by atoms with Crippen LogP contribution < -0.4 is 5.32 Å². The fourth-order valence-electron chi connectivity index (χ4n) is 2.81. The van der Waals surface area contributed by atoms with Gasteiger partial charge in [0.05, 0.1) is 13.0 Å². The van der Waals surface area contributed by atoms with Gasteiger partial charge in [0.1, 0.15) is 5.75 Å². The lowest BCUT2D eigenvalue weighted by atomic mass is 9.90. The topological polar surface area (TPSA) is 107 Å². The lowest BCUT2D eigenvalue weighted by Crippen LogP contribution is -2.36. The van der Waals surface area contributed by atoms with Crippen LogP contribution in [0.25, 0.3) is 6.08 Å². The number of amides is 1. The van der Waals surface area contributed by atoms with Gasteiger partial charge < -0.3 is 20.6 Å². The molecule has 1 aliphatic rings. The third-order valence-electron chi connectivity index (χ3n) is 4.16. The van der Waals surface area contributed by atoms with E-state index in [0.29, 0.717) is 22.4 Å². The molecule has 4 N–H and O–H groups in total. The minimum Gasteiger partial charge on any atom is -0.508 e. The molecule has 1 atom stereocenters. The van der Waals surface area contributed by atoms with Crippen molar-refractivity contribution in [1.82, 2.24) is 0 Å². The van der Waals surface area contributed by atoms with Gasteiger partial charge in [-0.3, -0.25) is 9.59 Å². The van der Waals surface area contributed by atoms with Crippen molar-refractivity contribution in [2.24, 2.45) is 0 Å². The van der Waals surface area contributed by atoms with E-state index >= 15 is 0 Å². The van der Waals surface area contributed by atoms with Gasteiger partial charge in [0.15, 0.2) is 11.4 Å². The third-order valence-corrected chi connectivity index (χ3v) is 4.16. The van der Waals surface area contributed by atoms with E-state index in [9.17, 15) is 19.8 Å². The van der Waals surface area contributed by atoms with Crippen LogP contribution in [0.4, 0.5) is 5.69 Å². The first-order valence-electron chi connectivity index (χ1n) is 7.71. The van der Waals surface area contributed by atoms with Crippen molar-refractivity contribution in [2.75, 3.05) is 5.32 Å². The van der Waals surface area contributed by atoms with Gasteiger partial charge in [-0.2, -0.15) is 0 Å². The summed E-state index contributed by atoms with van der Waals surface area (Å²) in [5, 5.41) is 31.9. The van der Waals surface area contributed by atoms with Crippen LogP contribution in [0.15, 0.2) is 48.5 Å². The molecule has 6 heteroatoms. The number of hydrogen-bond acceptors (Lipinski definition) is 5. The molecule has 1 amide bonds. The van der Waals surface area contributed by atoms with Crippen LogP contribution in [0, 0.1) is 0 Å². The maximum absolute atomic E-state index is 12.2. The number of ketones is 1. The summed E-state index contributed by atoms with van der Waals surface area (Å²) in [6, 6.07) is 11.3. The number of carbonyl (C=O) groups excluding carboxylic acids is 2. The number of hydrogen-bond donors (Lipinski definition) is 4. The number of aliphatic hydroxyl groups excluding tert-OH is 1. The number of rotatable bonds is 5. The molecule has 2 aromatic rings.